The van der Waals surface area contributed by atoms with Gasteiger partial charge in [0.1, 0.15) is 5.82 Å². The fraction of sp³-hybridized carbons (Fsp3) is 0.647. The summed E-state index contributed by atoms with van der Waals surface area (Å²) in [5, 5.41) is 5.83. The quantitative estimate of drug-likeness (QED) is 0.848. The van der Waals surface area contributed by atoms with Gasteiger partial charge in [-0.3, -0.25) is 10.2 Å². The molecule has 2 fully saturated rings. The minimum Gasteiger partial charge on any atom is -0.381 e. The van der Waals surface area contributed by atoms with Crippen LogP contribution in [0.1, 0.15) is 12.0 Å². The number of carbonyl (C=O) groups excluding carboxylic acids is 1. The van der Waals surface area contributed by atoms with Crippen molar-refractivity contribution >= 4 is 11.8 Å². The van der Waals surface area contributed by atoms with Gasteiger partial charge >= 0.3 is 6.03 Å². The largest absolute Gasteiger partial charge is 0.381 e. The van der Waals surface area contributed by atoms with Crippen LogP contribution >= 0.6 is 0 Å². The Balaban J connectivity index is 1.56. The van der Waals surface area contributed by atoms with E-state index in [2.05, 4.69) is 20.5 Å². The minimum absolute atomic E-state index is 0.214. The third kappa shape index (κ3) is 4.43. The lowest BCUT2D eigenvalue weighted by molar-refractivity contribution is 0.00222. The highest BCUT2D eigenvalue weighted by Crippen LogP contribution is 2.22. The van der Waals surface area contributed by atoms with Crippen LogP contribution in [0.5, 0.6) is 0 Å². The molecule has 0 unspecified atom stereocenters. The second-order valence-corrected chi connectivity index (χ2v) is 6.34. The number of morpholine rings is 1. The number of hydrogen-bond donors (Lipinski definition) is 2. The van der Waals surface area contributed by atoms with E-state index in [9.17, 15) is 4.79 Å². The van der Waals surface area contributed by atoms with E-state index in [0.29, 0.717) is 18.3 Å². The van der Waals surface area contributed by atoms with Crippen LogP contribution in [0.15, 0.2) is 18.3 Å². The number of anilines is 1. The Kier molecular flexibility index (Phi) is 6.01. The molecule has 7 heteroatoms. The van der Waals surface area contributed by atoms with E-state index in [-0.39, 0.29) is 12.1 Å². The van der Waals surface area contributed by atoms with Crippen LogP contribution in [0.3, 0.4) is 0 Å². The average molecular weight is 334 g/mol. The van der Waals surface area contributed by atoms with Crippen molar-refractivity contribution in [2.24, 2.45) is 5.92 Å². The molecule has 0 saturated carbocycles. The van der Waals surface area contributed by atoms with Crippen LogP contribution in [0, 0.1) is 12.8 Å². The van der Waals surface area contributed by atoms with Gasteiger partial charge in [-0.05, 0) is 25.0 Å². The van der Waals surface area contributed by atoms with E-state index >= 15 is 0 Å². The van der Waals surface area contributed by atoms with Gasteiger partial charge < -0.3 is 14.8 Å². The highest BCUT2D eigenvalue weighted by molar-refractivity contribution is 5.88. The van der Waals surface area contributed by atoms with Gasteiger partial charge in [-0.2, -0.15) is 0 Å². The molecule has 2 saturated heterocycles. The number of carbonyl (C=O) groups is 1. The maximum absolute atomic E-state index is 12.2. The third-order valence-electron chi connectivity index (χ3n) is 4.74. The predicted octanol–water partition coefficient (Wildman–Crippen LogP) is 1.25. The molecule has 1 aromatic rings. The van der Waals surface area contributed by atoms with Gasteiger partial charge in [0.25, 0.3) is 0 Å². The molecule has 2 aliphatic rings. The number of aromatic nitrogens is 1. The minimum atomic E-state index is -0.214. The van der Waals surface area contributed by atoms with Gasteiger partial charge in [-0.1, -0.05) is 6.07 Å². The number of urea groups is 1. The lowest BCUT2D eigenvalue weighted by Crippen LogP contribution is -2.52. The fourth-order valence-electron chi connectivity index (χ4n) is 3.32. The van der Waals surface area contributed by atoms with Gasteiger partial charge in [0.2, 0.25) is 0 Å². The Bertz CT molecular complexity index is 542. The Morgan fingerprint density at radius 3 is 2.92 bits per heavy atom. The zero-order chi connectivity index (χ0) is 16.8. The molecule has 0 radical (unpaired) electrons. The Hall–Kier alpha value is -1.70. The molecule has 0 aliphatic carbocycles. The number of nitrogens with one attached hydrogen (secondary N) is 2. The monoisotopic (exact) mass is 334 g/mol. The summed E-state index contributed by atoms with van der Waals surface area (Å²) in [5.74, 6) is 1.06. The summed E-state index contributed by atoms with van der Waals surface area (Å²) in [7, 11) is 0. The topological polar surface area (TPSA) is 75.7 Å². The molecule has 2 N–H and O–H groups in total. The first-order valence-corrected chi connectivity index (χ1v) is 8.60. The third-order valence-corrected chi connectivity index (χ3v) is 4.74. The van der Waals surface area contributed by atoms with Crippen molar-refractivity contribution in [1.29, 1.82) is 0 Å². The summed E-state index contributed by atoms with van der Waals surface area (Å²) in [6, 6.07) is 3.85. The molecular weight excluding hydrogens is 308 g/mol. The highest BCUT2D eigenvalue weighted by atomic mass is 16.5. The van der Waals surface area contributed by atoms with Crippen LogP contribution in [-0.4, -0.2) is 68.0 Å². The van der Waals surface area contributed by atoms with Crippen molar-refractivity contribution in [2.45, 2.75) is 19.4 Å². The zero-order valence-corrected chi connectivity index (χ0v) is 14.2. The zero-order valence-electron chi connectivity index (χ0n) is 14.2. The second-order valence-electron chi connectivity index (χ2n) is 6.34. The molecule has 2 aliphatic heterocycles. The number of rotatable bonds is 5. The van der Waals surface area contributed by atoms with Crippen molar-refractivity contribution in [2.75, 3.05) is 51.4 Å². The smallest absolute Gasteiger partial charge is 0.320 e. The van der Waals surface area contributed by atoms with E-state index in [1.165, 1.54) is 0 Å². The number of ether oxygens (including phenoxy) is 2. The maximum atomic E-state index is 12.2. The number of amides is 2. The van der Waals surface area contributed by atoms with E-state index in [1.807, 2.05) is 19.1 Å². The SMILES string of the molecule is Cc1cccnc1NC(=O)NC[C@@H]([C@@H]1CCOC1)N1CCOCC1. The van der Waals surface area contributed by atoms with Gasteiger partial charge in [-0.15, -0.1) is 0 Å². The molecule has 2 amide bonds. The molecule has 3 heterocycles. The Labute approximate surface area is 142 Å². The summed E-state index contributed by atoms with van der Waals surface area (Å²) in [5.41, 5.74) is 0.946. The van der Waals surface area contributed by atoms with Crippen molar-refractivity contribution in [1.82, 2.24) is 15.2 Å². The van der Waals surface area contributed by atoms with Gasteiger partial charge in [0.15, 0.2) is 0 Å². The number of aryl methyl sites for hydroxylation is 1. The molecule has 24 heavy (non-hydrogen) atoms. The summed E-state index contributed by atoms with van der Waals surface area (Å²) in [6.45, 7) is 7.43. The van der Waals surface area contributed by atoms with Crippen LogP contribution in [0.4, 0.5) is 10.6 Å². The van der Waals surface area contributed by atoms with Crippen LogP contribution in [0.25, 0.3) is 0 Å². The van der Waals surface area contributed by atoms with Crippen molar-refractivity contribution < 1.29 is 14.3 Å². The molecule has 132 valence electrons. The molecular formula is C17H26N4O3. The molecule has 0 spiro atoms. The lowest BCUT2D eigenvalue weighted by atomic mass is 9.97. The average Bonchev–Trinajstić information content (AvgIpc) is 3.12. The van der Waals surface area contributed by atoms with Crippen LogP contribution in [0.2, 0.25) is 0 Å². The molecule has 0 bridgehead atoms. The maximum Gasteiger partial charge on any atom is 0.320 e. The fourth-order valence-corrected chi connectivity index (χ4v) is 3.32. The van der Waals surface area contributed by atoms with Gasteiger partial charge in [-0.25, -0.2) is 9.78 Å². The first-order valence-electron chi connectivity index (χ1n) is 8.60. The predicted molar refractivity (Wildman–Crippen MR) is 91.1 cm³/mol. The Morgan fingerprint density at radius 2 is 2.21 bits per heavy atom. The first kappa shape index (κ1) is 17.1. The molecule has 2 atom stereocenters. The summed E-state index contributed by atoms with van der Waals surface area (Å²) >= 11 is 0. The van der Waals surface area contributed by atoms with E-state index in [0.717, 1.165) is 51.5 Å². The first-order chi connectivity index (χ1) is 11.7. The number of hydrogen-bond acceptors (Lipinski definition) is 5. The standard InChI is InChI=1S/C17H26N4O3/c1-13-3-2-5-18-16(13)20-17(22)19-11-15(14-4-8-24-12-14)21-6-9-23-10-7-21/h2-3,5,14-15H,4,6-12H2,1H3,(H2,18,19,20,22)/t14-,15+/m1/s1. The van der Waals surface area contributed by atoms with Gasteiger partial charge in [0.05, 0.1) is 19.8 Å². The van der Waals surface area contributed by atoms with Crippen molar-refractivity contribution in [3.8, 4) is 0 Å². The van der Waals surface area contributed by atoms with Crippen molar-refractivity contribution in [3.05, 3.63) is 23.9 Å². The second kappa shape index (κ2) is 8.41. The molecule has 1 aromatic heterocycles. The lowest BCUT2D eigenvalue weighted by Gasteiger charge is -2.37. The van der Waals surface area contributed by atoms with E-state index in [4.69, 9.17) is 9.47 Å². The highest BCUT2D eigenvalue weighted by Gasteiger charge is 2.31. The molecule has 3 rings (SSSR count). The Morgan fingerprint density at radius 1 is 1.38 bits per heavy atom. The van der Waals surface area contributed by atoms with Crippen LogP contribution < -0.4 is 10.6 Å². The van der Waals surface area contributed by atoms with Crippen LogP contribution in [-0.2, 0) is 9.47 Å². The number of pyridine rings is 1. The molecule has 7 nitrogen and oxygen atoms in total. The normalized spacial score (nSPS) is 23.0. The molecule has 0 aromatic carbocycles. The summed E-state index contributed by atoms with van der Waals surface area (Å²) < 4.78 is 11.0. The summed E-state index contributed by atoms with van der Waals surface area (Å²) in [4.78, 5) is 18.8. The number of nitrogens with zero attached hydrogens (tertiary/aromatic N) is 2. The summed E-state index contributed by atoms with van der Waals surface area (Å²) in [6.07, 6.45) is 2.72. The van der Waals surface area contributed by atoms with E-state index in [1.54, 1.807) is 6.20 Å². The van der Waals surface area contributed by atoms with Gasteiger partial charge in [0, 0.05) is 44.4 Å². The van der Waals surface area contributed by atoms with E-state index < -0.39 is 0 Å². The van der Waals surface area contributed by atoms with Crippen molar-refractivity contribution in [3.63, 3.8) is 0 Å².